The molecule has 0 spiro atoms. The van der Waals surface area contributed by atoms with Crippen LogP contribution in [0.15, 0.2) is 0 Å². The van der Waals surface area contributed by atoms with Crippen LogP contribution in [0, 0.1) is 11.8 Å². The average molecular weight is 257 g/mol. The van der Waals surface area contributed by atoms with E-state index in [4.69, 9.17) is 10.5 Å². The van der Waals surface area contributed by atoms with E-state index >= 15 is 0 Å². The number of nitrogens with two attached hydrogens (primary N) is 1. The summed E-state index contributed by atoms with van der Waals surface area (Å²) in [6.45, 7) is 5.97. The first-order chi connectivity index (χ1) is 8.43. The number of hydrogen-bond donors (Lipinski definition) is 2. The van der Waals surface area contributed by atoms with Crippen molar-refractivity contribution in [1.82, 2.24) is 10.2 Å². The van der Waals surface area contributed by atoms with Crippen LogP contribution in [-0.2, 0) is 9.53 Å². The Bertz CT molecular complexity index is 307. The summed E-state index contributed by atoms with van der Waals surface area (Å²) < 4.78 is 4.75. The summed E-state index contributed by atoms with van der Waals surface area (Å²) in [6, 6.07) is -0.391. The number of primary amides is 1. The number of carbonyl (C=O) groups excluding carboxylic acids is 2. The van der Waals surface area contributed by atoms with Crippen molar-refractivity contribution in [3.8, 4) is 0 Å². The van der Waals surface area contributed by atoms with Gasteiger partial charge in [-0.3, -0.25) is 4.79 Å². The van der Waals surface area contributed by atoms with Gasteiger partial charge in [-0.15, -0.1) is 0 Å². The van der Waals surface area contributed by atoms with Gasteiger partial charge in [0.15, 0.2) is 0 Å². The molecule has 2 atom stereocenters. The molecule has 1 rings (SSSR count). The quantitative estimate of drug-likeness (QED) is 0.703. The Morgan fingerprint density at radius 1 is 1.44 bits per heavy atom. The molecule has 3 N–H and O–H groups in total. The molecule has 2 amide bonds. The van der Waals surface area contributed by atoms with Crippen molar-refractivity contribution >= 4 is 12.0 Å². The molecule has 1 fully saturated rings. The molecule has 6 heteroatoms. The van der Waals surface area contributed by atoms with Gasteiger partial charge in [0.1, 0.15) is 0 Å². The first-order valence-electron chi connectivity index (χ1n) is 6.29. The first kappa shape index (κ1) is 14.8. The maximum Gasteiger partial charge on any atom is 0.314 e. The van der Waals surface area contributed by atoms with Gasteiger partial charge in [0, 0.05) is 19.1 Å². The van der Waals surface area contributed by atoms with Crippen LogP contribution in [0.3, 0.4) is 0 Å². The van der Waals surface area contributed by atoms with Gasteiger partial charge in [0.25, 0.3) is 0 Å². The molecule has 1 aliphatic rings. The van der Waals surface area contributed by atoms with Crippen molar-refractivity contribution in [3.05, 3.63) is 0 Å². The van der Waals surface area contributed by atoms with Crippen molar-refractivity contribution in [3.63, 3.8) is 0 Å². The summed E-state index contributed by atoms with van der Waals surface area (Å²) in [4.78, 5) is 24.4. The lowest BCUT2D eigenvalue weighted by Gasteiger charge is -2.36. The van der Waals surface area contributed by atoms with E-state index in [0.717, 1.165) is 6.54 Å². The van der Waals surface area contributed by atoms with Crippen LogP contribution in [0.1, 0.15) is 20.3 Å². The number of piperidine rings is 1. The molecule has 1 heterocycles. The van der Waals surface area contributed by atoms with E-state index in [0.29, 0.717) is 25.4 Å². The topological polar surface area (TPSA) is 84.7 Å². The van der Waals surface area contributed by atoms with Crippen LogP contribution in [0.4, 0.5) is 4.79 Å². The van der Waals surface area contributed by atoms with E-state index in [-0.39, 0.29) is 17.9 Å². The SMILES string of the molecule is COC(=O)C1CC(NCC(C)C)CN(C(N)=O)C1. The number of carbonyl (C=O) groups is 2. The summed E-state index contributed by atoms with van der Waals surface area (Å²) in [5.74, 6) is -0.0521. The van der Waals surface area contributed by atoms with E-state index in [9.17, 15) is 9.59 Å². The zero-order chi connectivity index (χ0) is 13.7. The second-order valence-corrected chi connectivity index (χ2v) is 5.20. The normalized spacial score (nSPS) is 24.1. The Morgan fingerprint density at radius 2 is 2.11 bits per heavy atom. The third kappa shape index (κ3) is 4.18. The van der Waals surface area contributed by atoms with Crippen LogP contribution < -0.4 is 11.1 Å². The number of hydrogen-bond acceptors (Lipinski definition) is 4. The number of rotatable bonds is 4. The highest BCUT2D eigenvalue weighted by Crippen LogP contribution is 2.18. The van der Waals surface area contributed by atoms with Gasteiger partial charge in [-0.25, -0.2) is 4.79 Å². The van der Waals surface area contributed by atoms with Crippen LogP contribution in [0.2, 0.25) is 0 Å². The number of nitrogens with one attached hydrogen (secondary N) is 1. The fraction of sp³-hybridized carbons (Fsp3) is 0.833. The Kier molecular flexibility index (Phi) is 5.40. The molecular formula is C12H23N3O3. The zero-order valence-corrected chi connectivity index (χ0v) is 11.3. The summed E-state index contributed by atoms with van der Waals surface area (Å²) in [6.07, 6.45) is 0.684. The van der Waals surface area contributed by atoms with Gasteiger partial charge in [-0.05, 0) is 18.9 Å². The molecule has 0 aromatic rings. The van der Waals surface area contributed by atoms with Gasteiger partial charge < -0.3 is 20.7 Å². The Morgan fingerprint density at radius 3 is 2.61 bits per heavy atom. The predicted molar refractivity (Wildman–Crippen MR) is 67.9 cm³/mol. The van der Waals surface area contributed by atoms with Gasteiger partial charge >= 0.3 is 12.0 Å². The summed E-state index contributed by atoms with van der Waals surface area (Å²) >= 11 is 0. The maximum absolute atomic E-state index is 11.6. The molecule has 0 aromatic heterocycles. The van der Waals surface area contributed by atoms with Gasteiger partial charge in [-0.1, -0.05) is 13.8 Å². The van der Waals surface area contributed by atoms with E-state index in [1.165, 1.54) is 12.0 Å². The third-order valence-corrected chi connectivity index (χ3v) is 3.11. The van der Waals surface area contributed by atoms with Crippen molar-refractivity contribution in [2.75, 3.05) is 26.7 Å². The van der Waals surface area contributed by atoms with Gasteiger partial charge in [0.05, 0.1) is 13.0 Å². The Hall–Kier alpha value is -1.30. The lowest BCUT2D eigenvalue weighted by Crippen LogP contribution is -2.54. The fourth-order valence-electron chi connectivity index (χ4n) is 2.17. The van der Waals surface area contributed by atoms with Crippen molar-refractivity contribution in [1.29, 1.82) is 0 Å². The Balaban J connectivity index is 2.62. The molecule has 104 valence electrons. The summed E-state index contributed by atoms with van der Waals surface area (Å²) in [5, 5.41) is 3.36. The number of esters is 1. The number of methoxy groups -OCH3 is 1. The number of urea groups is 1. The fourth-order valence-corrected chi connectivity index (χ4v) is 2.17. The molecule has 0 bridgehead atoms. The molecule has 6 nitrogen and oxygen atoms in total. The van der Waals surface area contributed by atoms with E-state index < -0.39 is 6.03 Å². The van der Waals surface area contributed by atoms with Crippen molar-refractivity contribution in [2.24, 2.45) is 17.6 Å². The minimum absolute atomic E-state index is 0.0951. The average Bonchev–Trinajstić information content (AvgIpc) is 2.34. The standard InChI is InChI=1S/C12H23N3O3/c1-8(2)5-14-10-4-9(11(16)18-3)6-15(7-10)12(13)17/h8-10,14H,4-7H2,1-3H3,(H2,13,17). The minimum Gasteiger partial charge on any atom is -0.469 e. The summed E-state index contributed by atoms with van der Waals surface area (Å²) in [7, 11) is 1.36. The Labute approximate surface area is 108 Å². The molecular weight excluding hydrogens is 234 g/mol. The van der Waals surface area contributed by atoms with Crippen LogP contribution in [0.5, 0.6) is 0 Å². The second kappa shape index (κ2) is 6.58. The van der Waals surface area contributed by atoms with E-state index in [2.05, 4.69) is 19.2 Å². The molecule has 0 aromatic carbocycles. The van der Waals surface area contributed by atoms with Crippen LogP contribution in [-0.4, -0.2) is 49.7 Å². The molecule has 1 aliphatic heterocycles. The second-order valence-electron chi connectivity index (χ2n) is 5.20. The molecule has 0 radical (unpaired) electrons. The molecule has 18 heavy (non-hydrogen) atoms. The van der Waals surface area contributed by atoms with Gasteiger partial charge in [0.2, 0.25) is 0 Å². The van der Waals surface area contributed by atoms with Crippen LogP contribution in [0.25, 0.3) is 0 Å². The third-order valence-electron chi connectivity index (χ3n) is 3.11. The maximum atomic E-state index is 11.6. The number of nitrogens with zero attached hydrogens (tertiary/aromatic N) is 1. The highest BCUT2D eigenvalue weighted by atomic mass is 16.5. The van der Waals surface area contributed by atoms with E-state index in [1.54, 1.807) is 0 Å². The lowest BCUT2D eigenvalue weighted by atomic mass is 9.94. The van der Waals surface area contributed by atoms with Gasteiger partial charge in [-0.2, -0.15) is 0 Å². The number of likely N-dealkylation sites (tertiary alicyclic amines) is 1. The largest absolute Gasteiger partial charge is 0.469 e. The smallest absolute Gasteiger partial charge is 0.314 e. The van der Waals surface area contributed by atoms with Crippen molar-refractivity contribution in [2.45, 2.75) is 26.3 Å². The number of ether oxygens (including phenoxy) is 1. The minimum atomic E-state index is -0.486. The molecule has 0 saturated carbocycles. The molecule has 2 unspecified atom stereocenters. The number of amides is 2. The zero-order valence-electron chi connectivity index (χ0n) is 11.3. The highest BCUT2D eigenvalue weighted by Gasteiger charge is 2.33. The predicted octanol–water partition coefficient (Wildman–Crippen LogP) is 0.174. The van der Waals surface area contributed by atoms with Crippen LogP contribution >= 0.6 is 0 Å². The monoisotopic (exact) mass is 257 g/mol. The highest BCUT2D eigenvalue weighted by molar-refractivity contribution is 5.76. The molecule has 1 saturated heterocycles. The summed E-state index contributed by atoms with van der Waals surface area (Å²) in [5.41, 5.74) is 5.30. The lowest BCUT2D eigenvalue weighted by molar-refractivity contribution is -0.147. The first-order valence-corrected chi connectivity index (χ1v) is 6.29. The van der Waals surface area contributed by atoms with E-state index in [1.807, 2.05) is 0 Å². The molecule has 0 aliphatic carbocycles. The van der Waals surface area contributed by atoms with Crippen molar-refractivity contribution < 1.29 is 14.3 Å².